The number of rotatable bonds is 4. The van der Waals surface area contributed by atoms with Crippen LogP contribution in [0.5, 0.6) is 0 Å². The molecule has 0 spiro atoms. The zero-order chi connectivity index (χ0) is 16.1. The van der Waals surface area contributed by atoms with Crippen LogP contribution in [0, 0.1) is 0 Å². The van der Waals surface area contributed by atoms with Crippen molar-refractivity contribution in [3.63, 3.8) is 0 Å². The van der Waals surface area contributed by atoms with E-state index in [-0.39, 0.29) is 18.1 Å². The lowest BCUT2D eigenvalue weighted by molar-refractivity contribution is -0.0499. The van der Waals surface area contributed by atoms with Gasteiger partial charge in [-0.1, -0.05) is 36.4 Å². The molecule has 2 aromatic rings. The second-order valence-electron chi connectivity index (χ2n) is 6.00. The van der Waals surface area contributed by atoms with Gasteiger partial charge in [0.2, 0.25) is 0 Å². The van der Waals surface area contributed by atoms with E-state index in [0.717, 1.165) is 12.8 Å². The molecular weight excluding hydrogens is 288 g/mol. The highest BCUT2D eigenvalue weighted by atomic mass is 16.5. The number of pyridine rings is 1. The molecule has 2 atom stereocenters. The normalized spacial score (nSPS) is 21.2. The zero-order valence-corrected chi connectivity index (χ0v) is 13.4. The lowest BCUT2D eigenvalue weighted by atomic mass is 10.0. The van der Waals surface area contributed by atoms with Crippen molar-refractivity contribution in [3.8, 4) is 0 Å². The minimum Gasteiger partial charge on any atom is -0.374 e. The Bertz CT molecular complexity index is 630. The Kier molecular flexibility index (Phi) is 5.03. The fourth-order valence-corrected chi connectivity index (χ4v) is 2.88. The Morgan fingerprint density at radius 1 is 1.22 bits per heavy atom. The number of ether oxygens (including phenoxy) is 1. The van der Waals surface area contributed by atoms with E-state index in [9.17, 15) is 4.79 Å². The Morgan fingerprint density at radius 3 is 2.74 bits per heavy atom. The highest BCUT2D eigenvalue weighted by Gasteiger charge is 2.30. The number of carbonyl (C=O) groups excluding carboxylic acids is 1. The molecule has 1 saturated heterocycles. The third kappa shape index (κ3) is 3.96. The van der Waals surface area contributed by atoms with Gasteiger partial charge in [0.15, 0.2) is 0 Å². The van der Waals surface area contributed by atoms with Gasteiger partial charge in [-0.05, 0) is 37.5 Å². The summed E-state index contributed by atoms with van der Waals surface area (Å²) in [7, 11) is 0. The van der Waals surface area contributed by atoms with Gasteiger partial charge in [-0.3, -0.25) is 9.78 Å². The van der Waals surface area contributed by atoms with Gasteiger partial charge in [-0.15, -0.1) is 0 Å². The Hall–Kier alpha value is -2.20. The molecule has 23 heavy (non-hydrogen) atoms. The number of carbonyl (C=O) groups is 1. The summed E-state index contributed by atoms with van der Waals surface area (Å²) in [5, 5.41) is 0. The zero-order valence-electron chi connectivity index (χ0n) is 13.4. The number of hydrogen-bond acceptors (Lipinski definition) is 3. The van der Waals surface area contributed by atoms with E-state index >= 15 is 0 Å². The molecule has 1 fully saturated rings. The van der Waals surface area contributed by atoms with Gasteiger partial charge in [-0.2, -0.15) is 0 Å². The molecule has 1 aromatic heterocycles. The van der Waals surface area contributed by atoms with Crippen molar-refractivity contribution in [1.82, 2.24) is 9.88 Å². The molecular formula is C19H22N2O2. The largest absolute Gasteiger partial charge is 0.374 e. The van der Waals surface area contributed by atoms with E-state index in [4.69, 9.17) is 4.74 Å². The maximum Gasteiger partial charge on any atom is 0.272 e. The van der Waals surface area contributed by atoms with Crippen molar-refractivity contribution in [2.24, 2.45) is 0 Å². The fourth-order valence-electron chi connectivity index (χ4n) is 2.88. The Balaban J connectivity index is 1.61. The third-order valence-electron chi connectivity index (χ3n) is 4.25. The van der Waals surface area contributed by atoms with E-state index < -0.39 is 0 Å². The van der Waals surface area contributed by atoms with Gasteiger partial charge in [-0.25, -0.2) is 0 Å². The summed E-state index contributed by atoms with van der Waals surface area (Å²) in [4.78, 5) is 18.7. The predicted octanol–water partition coefficient (Wildman–Crippen LogP) is 2.94. The molecule has 0 aliphatic carbocycles. The first-order chi connectivity index (χ1) is 11.2. The molecule has 120 valence electrons. The minimum atomic E-state index is -0.00823. The lowest BCUT2D eigenvalue weighted by Crippen LogP contribution is -2.51. The number of benzene rings is 1. The maximum absolute atomic E-state index is 12.6. The van der Waals surface area contributed by atoms with Crippen LogP contribution in [-0.4, -0.2) is 41.1 Å². The molecule has 2 unspecified atom stereocenters. The van der Waals surface area contributed by atoms with Crippen molar-refractivity contribution in [1.29, 1.82) is 0 Å². The summed E-state index contributed by atoms with van der Waals surface area (Å²) in [6.45, 7) is 3.23. The standard InChI is InChI=1S/C19H22N2O2/c1-15-14-23-17(11-10-16-7-3-2-4-8-16)13-21(15)19(22)18-9-5-6-12-20-18/h2-9,12,15,17H,10-11,13-14H2,1H3. The van der Waals surface area contributed by atoms with Crippen LogP contribution in [0.2, 0.25) is 0 Å². The molecule has 4 nitrogen and oxygen atoms in total. The number of hydrogen-bond donors (Lipinski definition) is 0. The molecule has 3 rings (SSSR count). The van der Waals surface area contributed by atoms with Crippen molar-refractivity contribution in [2.75, 3.05) is 13.2 Å². The number of amides is 1. The first kappa shape index (κ1) is 15.7. The minimum absolute atomic E-state index is 0.00823. The molecule has 0 N–H and O–H groups in total. The van der Waals surface area contributed by atoms with E-state index in [0.29, 0.717) is 18.8 Å². The van der Waals surface area contributed by atoms with E-state index in [1.54, 1.807) is 12.3 Å². The van der Waals surface area contributed by atoms with E-state index in [1.165, 1.54) is 5.56 Å². The molecule has 1 aliphatic rings. The highest BCUT2D eigenvalue weighted by molar-refractivity contribution is 5.92. The van der Waals surface area contributed by atoms with Crippen LogP contribution in [0.15, 0.2) is 54.7 Å². The molecule has 2 heterocycles. The van der Waals surface area contributed by atoms with Crippen molar-refractivity contribution >= 4 is 5.91 Å². The first-order valence-electron chi connectivity index (χ1n) is 8.11. The molecule has 1 amide bonds. The van der Waals surface area contributed by atoms with Crippen LogP contribution in [0.25, 0.3) is 0 Å². The number of morpholine rings is 1. The summed E-state index contributed by atoms with van der Waals surface area (Å²) in [5.74, 6) is -0.00823. The summed E-state index contributed by atoms with van der Waals surface area (Å²) >= 11 is 0. The van der Waals surface area contributed by atoms with Gasteiger partial charge >= 0.3 is 0 Å². The summed E-state index contributed by atoms with van der Waals surface area (Å²) < 4.78 is 5.91. The van der Waals surface area contributed by atoms with Crippen molar-refractivity contribution in [3.05, 3.63) is 66.0 Å². The van der Waals surface area contributed by atoms with Crippen molar-refractivity contribution in [2.45, 2.75) is 31.9 Å². The fraction of sp³-hybridized carbons (Fsp3) is 0.368. The molecule has 0 radical (unpaired) electrons. The molecule has 0 saturated carbocycles. The molecule has 1 aromatic carbocycles. The summed E-state index contributed by atoms with van der Waals surface area (Å²) in [5.41, 5.74) is 1.81. The highest BCUT2D eigenvalue weighted by Crippen LogP contribution is 2.18. The third-order valence-corrected chi connectivity index (χ3v) is 4.25. The second kappa shape index (κ2) is 7.38. The van der Waals surface area contributed by atoms with Gasteiger partial charge in [0.05, 0.1) is 18.8 Å². The van der Waals surface area contributed by atoms with Crippen LogP contribution < -0.4 is 0 Å². The first-order valence-corrected chi connectivity index (χ1v) is 8.11. The Labute approximate surface area is 137 Å². The van der Waals surface area contributed by atoms with Crippen LogP contribution in [0.3, 0.4) is 0 Å². The van der Waals surface area contributed by atoms with Crippen LogP contribution in [0.1, 0.15) is 29.4 Å². The topological polar surface area (TPSA) is 42.4 Å². The summed E-state index contributed by atoms with van der Waals surface area (Å²) in [6, 6.07) is 15.9. The van der Waals surface area contributed by atoms with Crippen LogP contribution in [-0.2, 0) is 11.2 Å². The average molecular weight is 310 g/mol. The predicted molar refractivity (Wildman–Crippen MR) is 89.2 cm³/mol. The monoisotopic (exact) mass is 310 g/mol. The summed E-state index contributed by atoms with van der Waals surface area (Å²) in [6.07, 6.45) is 3.62. The van der Waals surface area contributed by atoms with Gasteiger partial charge in [0.25, 0.3) is 5.91 Å². The second-order valence-corrected chi connectivity index (χ2v) is 6.00. The van der Waals surface area contributed by atoms with Crippen LogP contribution >= 0.6 is 0 Å². The number of aromatic nitrogens is 1. The quantitative estimate of drug-likeness (QED) is 0.872. The molecule has 1 aliphatic heterocycles. The maximum atomic E-state index is 12.6. The molecule has 0 bridgehead atoms. The van der Waals surface area contributed by atoms with Gasteiger partial charge in [0, 0.05) is 12.7 Å². The number of nitrogens with zero attached hydrogens (tertiary/aromatic N) is 2. The molecule has 4 heteroatoms. The van der Waals surface area contributed by atoms with Gasteiger partial charge in [0.1, 0.15) is 5.69 Å². The Morgan fingerprint density at radius 2 is 2.00 bits per heavy atom. The van der Waals surface area contributed by atoms with E-state index in [2.05, 4.69) is 29.2 Å². The lowest BCUT2D eigenvalue weighted by Gasteiger charge is -2.38. The SMILES string of the molecule is CC1COC(CCc2ccccc2)CN1C(=O)c1ccccn1. The smallest absolute Gasteiger partial charge is 0.272 e. The van der Waals surface area contributed by atoms with Gasteiger partial charge < -0.3 is 9.64 Å². The van der Waals surface area contributed by atoms with E-state index in [1.807, 2.05) is 30.0 Å². The average Bonchev–Trinajstić information content (AvgIpc) is 2.62. The van der Waals surface area contributed by atoms with Crippen LogP contribution in [0.4, 0.5) is 0 Å². The van der Waals surface area contributed by atoms with Crippen molar-refractivity contribution < 1.29 is 9.53 Å². The number of aryl methyl sites for hydroxylation is 1.